The van der Waals surface area contributed by atoms with E-state index in [4.69, 9.17) is 28.3 Å². The molecular weight excluding hydrogens is 247 g/mol. The third-order valence-corrected chi connectivity index (χ3v) is 4.40. The number of carboxylic acid groups (broad SMARTS) is 1. The Bertz CT molecular complexity index is 456. The second kappa shape index (κ2) is 2.93. The van der Waals surface area contributed by atoms with E-state index in [2.05, 4.69) is 0 Å². The lowest BCUT2D eigenvalue weighted by Gasteiger charge is -2.68. The second-order valence-electron chi connectivity index (χ2n) is 5.05. The van der Waals surface area contributed by atoms with Crippen molar-refractivity contribution in [2.45, 2.75) is 24.7 Å². The van der Waals surface area contributed by atoms with Crippen LogP contribution in [0.3, 0.4) is 0 Å². The molecule has 1 aromatic rings. The minimum Gasteiger partial charge on any atom is -0.481 e. The van der Waals surface area contributed by atoms with Crippen molar-refractivity contribution in [2.24, 2.45) is 5.41 Å². The first-order valence-corrected chi connectivity index (χ1v) is 5.91. The maximum Gasteiger partial charge on any atom is 0.309 e. The molecule has 2 nitrogen and oxygen atoms in total. The molecule has 3 aliphatic rings. The van der Waals surface area contributed by atoms with Gasteiger partial charge in [0.2, 0.25) is 0 Å². The van der Waals surface area contributed by atoms with Gasteiger partial charge < -0.3 is 5.11 Å². The molecule has 3 saturated carbocycles. The topological polar surface area (TPSA) is 37.3 Å². The lowest BCUT2D eigenvalue weighted by atomic mass is 9.33. The summed E-state index contributed by atoms with van der Waals surface area (Å²) in [6.45, 7) is 0. The Morgan fingerprint density at radius 1 is 1.12 bits per heavy atom. The van der Waals surface area contributed by atoms with Crippen molar-refractivity contribution in [3.8, 4) is 0 Å². The van der Waals surface area contributed by atoms with Crippen molar-refractivity contribution >= 4 is 29.2 Å². The Morgan fingerprint density at radius 3 is 2.06 bits per heavy atom. The average molecular weight is 257 g/mol. The molecule has 16 heavy (non-hydrogen) atoms. The Labute approximate surface area is 103 Å². The summed E-state index contributed by atoms with van der Waals surface area (Å²) in [5, 5.41) is 10.3. The molecule has 0 atom stereocenters. The fourth-order valence-corrected chi connectivity index (χ4v) is 3.71. The normalized spacial score (nSPS) is 35.1. The van der Waals surface area contributed by atoms with E-state index in [9.17, 15) is 4.79 Å². The molecule has 1 aromatic carbocycles. The predicted molar refractivity (Wildman–Crippen MR) is 62.1 cm³/mol. The van der Waals surface area contributed by atoms with E-state index in [0.29, 0.717) is 10.0 Å². The smallest absolute Gasteiger partial charge is 0.309 e. The predicted octanol–water partition coefficient (Wildman–Crippen LogP) is 3.50. The molecule has 1 N–H and O–H groups in total. The van der Waals surface area contributed by atoms with Gasteiger partial charge in [0.15, 0.2) is 0 Å². The van der Waals surface area contributed by atoms with Gasteiger partial charge in [-0.2, -0.15) is 0 Å². The monoisotopic (exact) mass is 256 g/mol. The zero-order valence-electron chi connectivity index (χ0n) is 8.46. The second-order valence-corrected chi connectivity index (χ2v) is 5.93. The van der Waals surface area contributed by atoms with E-state index >= 15 is 0 Å². The highest BCUT2D eigenvalue weighted by Gasteiger charge is 2.72. The van der Waals surface area contributed by atoms with Crippen LogP contribution < -0.4 is 0 Å². The van der Waals surface area contributed by atoms with Crippen molar-refractivity contribution in [1.82, 2.24) is 0 Å². The van der Waals surface area contributed by atoms with E-state index in [-0.39, 0.29) is 5.41 Å². The van der Waals surface area contributed by atoms with Crippen LogP contribution in [-0.2, 0) is 10.2 Å². The molecule has 4 rings (SSSR count). The summed E-state index contributed by atoms with van der Waals surface area (Å²) < 4.78 is 0. The van der Waals surface area contributed by atoms with Crippen molar-refractivity contribution in [1.29, 1.82) is 0 Å². The van der Waals surface area contributed by atoms with Crippen LogP contribution >= 0.6 is 23.2 Å². The summed E-state index contributed by atoms with van der Waals surface area (Å²) in [6.07, 6.45) is 2.18. The third-order valence-electron chi connectivity index (χ3n) is 3.96. The van der Waals surface area contributed by atoms with Gasteiger partial charge in [-0.15, -0.1) is 0 Å². The van der Waals surface area contributed by atoms with Gasteiger partial charge in [-0.25, -0.2) is 0 Å². The number of halogens is 2. The summed E-state index contributed by atoms with van der Waals surface area (Å²) in [4.78, 5) is 11.0. The fourth-order valence-electron chi connectivity index (χ4n) is 3.18. The molecule has 0 amide bonds. The average Bonchev–Trinajstić information content (AvgIpc) is 1.94. The lowest BCUT2D eigenvalue weighted by Crippen LogP contribution is -2.67. The minimum absolute atomic E-state index is 0.0347. The number of rotatable bonds is 2. The summed E-state index contributed by atoms with van der Waals surface area (Å²) in [7, 11) is 0. The van der Waals surface area contributed by atoms with Crippen molar-refractivity contribution in [3.63, 3.8) is 0 Å². The molecule has 0 unspecified atom stereocenters. The molecule has 2 bridgehead atoms. The van der Waals surface area contributed by atoms with E-state index < -0.39 is 11.4 Å². The van der Waals surface area contributed by atoms with Crippen LogP contribution in [0.15, 0.2) is 18.2 Å². The van der Waals surface area contributed by atoms with Gasteiger partial charge in [0.1, 0.15) is 0 Å². The van der Waals surface area contributed by atoms with Crippen LogP contribution in [-0.4, -0.2) is 11.1 Å². The molecule has 0 radical (unpaired) electrons. The fraction of sp³-hybridized carbons (Fsp3) is 0.417. The highest BCUT2D eigenvalue weighted by molar-refractivity contribution is 6.34. The minimum atomic E-state index is -0.664. The first-order valence-electron chi connectivity index (χ1n) is 5.16. The maximum absolute atomic E-state index is 11.0. The molecule has 84 valence electrons. The Morgan fingerprint density at radius 2 is 1.62 bits per heavy atom. The van der Waals surface area contributed by atoms with Gasteiger partial charge in [-0.05, 0) is 48.4 Å². The van der Waals surface area contributed by atoms with Crippen LogP contribution in [0, 0.1) is 5.41 Å². The number of hydrogen-bond donors (Lipinski definition) is 1. The molecule has 3 fully saturated rings. The van der Waals surface area contributed by atoms with Crippen molar-refractivity contribution < 1.29 is 9.90 Å². The van der Waals surface area contributed by atoms with Gasteiger partial charge in [0.25, 0.3) is 0 Å². The quantitative estimate of drug-likeness (QED) is 0.880. The van der Waals surface area contributed by atoms with E-state index in [1.54, 1.807) is 6.07 Å². The van der Waals surface area contributed by atoms with Crippen LogP contribution in [0.2, 0.25) is 10.0 Å². The molecule has 0 heterocycles. The number of aliphatic carboxylic acids is 1. The van der Waals surface area contributed by atoms with Gasteiger partial charge >= 0.3 is 5.97 Å². The standard InChI is InChI=1S/C12H10Cl2O2/c13-8-1-7(2-9(14)3-8)11-4-12(5-11,6-11)10(15)16/h1-3H,4-6H2,(H,15,16). The number of hydrogen-bond acceptors (Lipinski definition) is 1. The molecule has 0 aromatic heterocycles. The van der Waals surface area contributed by atoms with Gasteiger partial charge in [-0.3, -0.25) is 4.79 Å². The highest BCUT2D eigenvalue weighted by Crippen LogP contribution is 2.73. The molecule has 0 saturated heterocycles. The highest BCUT2D eigenvalue weighted by atomic mass is 35.5. The zero-order valence-corrected chi connectivity index (χ0v) is 9.98. The Balaban J connectivity index is 1.90. The largest absolute Gasteiger partial charge is 0.481 e. The number of carboxylic acids is 1. The maximum atomic E-state index is 11.0. The summed E-state index contributed by atoms with van der Waals surface area (Å²) in [5.74, 6) is -0.664. The van der Waals surface area contributed by atoms with Gasteiger partial charge in [0.05, 0.1) is 5.41 Å². The Hall–Kier alpha value is -0.730. The molecule has 0 aliphatic heterocycles. The van der Waals surface area contributed by atoms with E-state index in [0.717, 1.165) is 24.8 Å². The van der Waals surface area contributed by atoms with Crippen LogP contribution in [0.5, 0.6) is 0 Å². The SMILES string of the molecule is O=C(O)C12CC(c3cc(Cl)cc(Cl)c3)(C1)C2. The van der Waals surface area contributed by atoms with Crippen molar-refractivity contribution in [2.75, 3.05) is 0 Å². The molecule has 3 aliphatic carbocycles. The molecule has 0 spiro atoms. The number of benzene rings is 1. The first kappa shape index (κ1) is 10.4. The third kappa shape index (κ3) is 1.17. The molecular formula is C12H10Cl2O2. The summed E-state index contributed by atoms with van der Waals surface area (Å²) >= 11 is 11.9. The van der Waals surface area contributed by atoms with Gasteiger partial charge in [0, 0.05) is 10.0 Å². The van der Waals surface area contributed by atoms with E-state index in [1.165, 1.54) is 0 Å². The van der Waals surface area contributed by atoms with Crippen LogP contribution in [0.1, 0.15) is 24.8 Å². The van der Waals surface area contributed by atoms with E-state index in [1.807, 2.05) is 12.1 Å². The lowest BCUT2D eigenvalue weighted by molar-refractivity contribution is -0.194. The summed E-state index contributed by atoms with van der Waals surface area (Å²) in [5.41, 5.74) is 0.676. The number of carbonyl (C=O) groups is 1. The van der Waals surface area contributed by atoms with Gasteiger partial charge in [-0.1, -0.05) is 23.2 Å². The van der Waals surface area contributed by atoms with Crippen LogP contribution in [0.25, 0.3) is 0 Å². The molecule has 4 heteroatoms. The first-order chi connectivity index (χ1) is 7.46. The Kier molecular flexibility index (Phi) is 1.91. The van der Waals surface area contributed by atoms with Crippen LogP contribution in [0.4, 0.5) is 0 Å². The zero-order chi connectivity index (χ0) is 11.6. The summed E-state index contributed by atoms with van der Waals surface area (Å²) in [6, 6.07) is 5.50. The van der Waals surface area contributed by atoms with Crippen molar-refractivity contribution in [3.05, 3.63) is 33.8 Å².